The lowest BCUT2D eigenvalue weighted by atomic mass is 9.82. The van der Waals surface area contributed by atoms with Crippen LogP contribution in [0.4, 0.5) is 4.79 Å². The van der Waals surface area contributed by atoms with Crippen LogP contribution in [0.25, 0.3) is 0 Å². The van der Waals surface area contributed by atoms with Crippen molar-refractivity contribution < 1.29 is 4.79 Å². The molecule has 0 aliphatic carbocycles. The van der Waals surface area contributed by atoms with E-state index in [-0.39, 0.29) is 6.03 Å². The smallest absolute Gasteiger partial charge is 0.315 e. The topological polar surface area (TPSA) is 44.4 Å². The zero-order valence-electron chi connectivity index (χ0n) is 12.9. The third kappa shape index (κ3) is 4.55. The molecule has 0 aromatic heterocycles. The summed E-state index contributed by atoms with van der Waals surface area (Å²) in [6, 6.07) is 1.75. The fraction of sp³-hybridized carbons (Fsp3) is 0.933. The lowest BCUT2D eigenvalue weighted by Crippen LogP contribution is -2.56. The molecule has 2 fully saturated rings. The number of carbonyl (C=O) groups is 1. The number of hydrogen-bond acceptors (Lipinski definition) is 3. The van der Waals surface area contributed by atoms with Crippen molar-refractivity contribution in [2.75, 3.05) is 25.6 Å². The number of nitrogens with one attached hydrogen (secondary N) is 2. The third-order valence-corrected chi connectivity index (χ3v) is 5.43. The first-order valence-corrected chi connectivity index (χ1v) is 9.35. The highest BCUT2D eigenvalue weighted by molar-refractivity contribution is 7.98. The van der Waals surface area contributed by atoms with Crippen LogP contribution in [0.1, 0.15) is 44.9 Å². The largest absolute Gasteiger partial charge is 0.338 e. The molecule has 2 amide bonds. The van der Waals surface area contributed by atoms with Gasteiger partial charge in [-0.3, -0.25) is 0 Å². The predicted molar refractivity (Wildman–Crippen MR) is 86.4 cm³/mol. The van der Waals surface area contributed by atoms with Crippen LogP contribution in [-0.4, -0.2) is 54.7 Å². The molecule has 0 saturated carbocycles. The lowest BCUT2D eigenvalue weighted by Gasteiger charge is -2.47. The van der Waals surface area contributed by atoms with Crippen LogP contribution < -0.4 is 10.6 Å². The zero-order valence-corrected chi connectivity index (χ0v) is 13.7. The molecule has 2 heterocycles. The lowest BCUT2D eigenvalue weighted by molar-refractivity contribution is 0.0509. The Bertz CT molecular complexity index is 299. The van der Waals surface area contributed by atoms with Crippen LogP contribution in [0.15, 0.2) is 0 Å². The van der Waals surface area contributed by atoms with Gasteiger partial charge < -0.3 is 15.5 Å². The van der Waals surface area contributed by atoms with Crippen LogP contribution in [0.3, 0.4) is 0 Å². The minimum atomic E-state index is 0.0294. The van der Waals surface area contributed by atoms with Crippen molar-refractivity contribution in [2.45, 2.75) is 63.1 Å². The molecule has 0 aromatic rings. The van der Waals surface area contributed by atoms with Crippen LogP contribution in [0, 0.1) is 0 Å². The maximum atomic E-state index is 11.9. The summed E-state index contributed by atoms with van der Waals surface area (Å²) in [5.41, 5.74) is 0. The molecular weight excluding hydrogens is 270 g/mol. The summed E-state index contributed by atoms with van der Waals surface area (Å²) in [6.45, 7) is 0.797. The quantitative estimate of drug-likeness (QED) is 0.741. The van der Waals surface area contributed by atoms with Crippen molar-refractivity contribution >= 4 is 17.8 Å². The average Bonchev–Trinajstić information content (AvgIpc) is 2.40. The monoisotopic (exact) mass is 299 g/mol. The van der Waals surface area contributed by atoms with Crippen LogP contribution >= 0.6 is 11.8 Å². The van der Waals surface area contributed by atoms with Gasteiger partial charge in [0.05, 0.1) is 0 Å². The fourth-order valence-corrected chi connectivity index (χ4v) is 4.04. The summed E-state index contributed by atoms with van der Waals surface area (Å²) < 4.78 is 0. The van der Waals surface area contributed by atoms with E-state index in [0.29, 0.717) is 18.1 Å². The highest BCUT2D eigenvalue weighted by Crippen LogP contribution is 2.32. The number of carbonyl (C=O) groups excluding carboxylic acids is 1. The highest BCUT2D eigenvalue weighted by Gasteiger charge is 2.36. The molecule has 2 unspecified atom stereocenters. The molecule has 2 aliphatic heterocycles. The maximum absolute atomic E-state index is 11.9. The van der Waals surface area contributed by atoms with E-state index in [9.17, 15) is 4.79 Å². The molecule has 2 rings (SSSR count). The van der Waals surface area contributed by atoms with Gasteiger partial charge in [0.1, 0.15) is 0 Å². The number of nitrogens with zero attached hydrogens (tertiary/aromatic N) is 1. The molecular formula is C15H29N3OS. The van der Waals surface area contributed by atoms with Crippen LogP contribution in [-0.2, 0) is 0 Å². The highest BCUT2D eigenvalue weighted by atomic mass is 32.2. The second-order valence-electron chi connectivity index (χ2n) is 6.17. The Hall–Kier alpha value is -0.420. The van der Waals surface area contributed by atoms with Crippen molar-refractivity contribution in [3.05, 3.63) is 0 Å². The van der Waals surface area contributed by atoms with Gasteiger partial charge in [0.2, 0.25) is 0 Å². The van der Waals surface area contributed by atoms with Crippen molar-refractivity contribution in [3.8, 4) is 0 Å². The van der Waals surface area contributed by atoms with E-state index in [0.717, 1.165) is 25.8 Å². The Balaban J connectivity index is 1.65. The van der Waals surface area contributed by atoms with E-state index < -0.39 is 0 Å². The normalized spacial score (nSPS) is 30.0. The van der Waals surface area contributed by atoms with E-state index in [2.05, 4.69) is 28.8 Å². The summed E-state index contributed by atoms with van der Waals surface area (Å²) in [5.74, 6) is 1.18. The SMILES string of the molecule is CSCCCCNC(=O)NC1CC2CCCC(C1)N2C. The van der Waals surface area contributed by atoms with E-state index in [1.165, 1.54) is 31.4 Å². The van der Waals surface area contributed by atoms with Crippen molar-refractivity contribution in [3.63, 3.8) is 0 Å². The number of rotatable bonds is 6. The first-order chi connectivity index (χ1) is 9.70. The molecule has 2 bridgehead atoms. The minimum absolute atomic E-state index is 0.0294. The molecule has 0 spiro atoms. The molecule has 2 aliphatic rings. The molecule has 0 radical (unpaired) electrons. The Kier molecular flexibility index (Phi) is 6.49. The third-order valence-electron chi connectivity index (χ3n) is 4.74. The maximum Gasteiger partial charge on any atom is 0.315 e. The first-order valence-electron chi connectivity index (χ1n) is 7.96. The number of urea groups is 1. The Morgan fingerprint density at radius 2 is 1.95 bits per heavy atom. The minimum Gasteiger partial charge on any atom is -0.338 e. The van der Waals surface area contributed by atoms with Gasteiger partial charge in [0.15, 0.2) is 0 Å². The Morgan fingerprint density at radius 1 is 1.25 bits per heavy atom. The van der Waals surface area contributed by atoms with E-state index in [1.54, 1.807) is 0 Å². The van der Waals surface area contributed by atoms with Gasteiger partial charge in [-0.25, -0.2) is 4.79 Å². The molecule has 2 atom stereocenters. The Labute approximate surface area is 127 Å². The van der Waals surface area contributed by atoms with Crippen molar-refractivity contribution in [1.82, 2.24) is 15.5 Å². The summed E-state index contributed by atoms with van der Waals surface area (Å²) in [5, 5.41) is 6.17. The fourth-order valence-electron chi connectivity index (χ4n) is 3.54. The molecule has 116 valence electrons. The molecule has 20 heavy (non-hydrogen) atoms. The number of piperidine rings is 2. The van der Waals surface area contributed by atoms with Gasteiger partial charge in [-0.2, -0.15) is 11.8 Å². The molecule has 0 aromatic carbocycles. The Morgan fingerprint density at radius 3 is 2.60 bits per heavy atom. The summed E-state index contributed by atoms with van der Waals surface area (Å²) in [6.07, 6.45) is 10.6. The van der Waals surface area contributed by atoms with Gasteiger partial charge >= 0.3 is 6.03 Å². The van der Waals surface area contributed by atoms with Crippen LogP contribution in [0.5, 0.6) is 0 Å². The van der Waals surface area contributed by atoms with Gasteiger partial charge in [0, 0.05) is 24.7 Å². The number of unbranched alkanes of at least 4 members (excludes halogenated alkanes) is 1. The van der Waals surface area contributed by atoms with Gasteiger partial charge in [-0.05, 0) is 57.6 Å². The molecule has 5 heteroatoms. The second kappa shape index (κ2) is 8.13. The summed E-state index contributed by atoms with van der Waals surface area (Å²) in [7, 11) is 2.25. The van der Waals surface area contributed by atoms with Gasteiger partial charge in [0.25, 0.3) is 0 Å². The number of hydrogen-bond donors (Lipinski definition) is 2. The predicted octanol–water partition coefficient (Wildman–Crippen LogP) is 2.44. The van der Waals surface area contributed by atoms with Crippen molar-refractivity contribution in [2.24, 2.45) is 0 Å². The zero-order chi connectivity index (χ0) is 14.4. The van der Waals surface area contributed by atoms with E-state index in [1.807, 2.05) is 11.8 Å². The van der Waals surface area contributed by atoms with Gasteiger partial charge in [-0.15, -0.1) is 0 Å². The van der Waals surface area contributed by atoms with Crippen LogP contribution in [0.2, 0.25) is 0 Å². The second-order valence-corrected chi connectivity index (χ2v) is 7.16. The number of thioether (sulfide) groups is 1. The van der Waals surface area contributed by atoms with E-state index >= 15 is 0 Å². The summed E-state index contributed by atoms with van der Waals surface area (Å²) >= 11 is 1.87. The standard InChI is InChI=1S/C15H29N3OS/c1-18-13-6-5-7-14(18)11-12(10-13)17-15(19)16-8-3-4-9-20-2/h12-14H,3-11H2,1-2H3,(H2,16,17,19). The molecule has 2 N–H and O–H groups in total. The van der Waals surface area contributed by atoms with E-state index in [4.69, 9.17) is 0 Å². The number of amides is 2. The first kappa shape index (κ1) is 16.0. The molecule has 2 saturated heterocycles. The van der Waals surface area contributed by atoms with Crippen molar-refractivity contribution in [1.29, 1.82) is 0 Å². The molecule has 4 nitrogen and oxygen atoms in total. The summed E-state index contributed by atoms with van der Waals surface area (Å²) in [4.78, 5) is 14.4. The number of fused-ring (bicyclic) bond motifs is 2. The average molecular weight is 299 g/mol. The van der Waals surface area contributed by atoms with Gasteiger partial charge in [-0.1, -0.05) is 6.42 Å².